The van der Waals surface area contributed by atoms with Gasteiger partial charge >= 0.3 is 0 Å². The predicted molar refractivity (Wildman–Crippen MR) is 126 cm³/mol. The summed E-state index contributed by atoms with van der Waals surface area (Å²) in [6.45, 7) is 8.39. The molecule has 2 aliphatic rings. The summed E-state index contributed by atoms with van der Waals surface area (Å²) in [4.78, 5) is 15.0. The molecule has 0 bridgehead atoms. The van der Waals surface area contributed by atoms with Crippen LogP contribution in [-0.4, -0.2) is 62.4 Å². The van der Waals surface area contributed by atoms with Crippen LogP contribution in [0.2, 0.25) is 0 Å². The Morgan fingerprint density at radius 2 is 1.67 bits per heavy atom. The number of rotatable bonds is 6. The quantitative estimate of drug-likeness (QED) is 0.641. The molecule has 3 atom stereocenters. The molecule has 2 aromatic rings. The lowest BCUT2D eigenvalue weighted by Crippen LogP contribution is -2.43. The Bertz CT molecular complexity index is 1080. The smallest absolute Gasteiger partial charge is 0.253 e. The van der Waals surface area contributed by atoms with Crippen molar-refractivity contribution in [3.05, 3.63) is 54.1 Å². The molecule has 1 fully saturated rings. The summed E-state index contributed by atoms with van der Waals surface area (Å²) < 4.78 is 39.5. The minimum absolute atomic E-state index is 0.163. The van der Waals surface area contributed by atoms with Crippen LogP contribution in [0.4, 0.5) is 0 Å². The number of carbonyl (C=O) groups excluding carboxylic acids is 1. The maximum atomic E-state index is 13.1. The molecule has 8 heteroatoms. The highest BCUT2D eigenvalue weighted by Crippen LogP contribution is 2.31. The van der Waals surface area contributed by atoms with Crippen molar-refractivity contribution in [3.8, 4) is 11.5 Å². The molecule has 4 rings (SSSR count). The van der Waals surface area contributed by atoms with Crippen molar-refractivity contribution in [3.63, 3.8) is 0 Å². The number of hydrogen-bond acceptors (Lipinski definition) is 5. The molecule has 0 aliphatic carbocycles. The van der Waals surface area contributed by atoms with Crippen LogP contribution in [0.15, 0.2) is 53.4 Å². The van der Waals surface area contributed by atoms with Crippen LogP contribution >= 0.6 is 0 Å². The largest absolute Gasteiger partial charge is 0.486 e. The van der Waals surface area contributed by atoms with Crippen LogP contribution in [-0.2, 0) is 10.0 Å². The monoisotopic (exact) mass is 472 g/mol. The lowest BCUT2D eigenvalue weighted by Gasteiger charge is -2.34. The van der Waals surface area contributed by atoms with Crippen molar-refractivity contribution >= 4 is 15.9 Å². The molecule has 2 aliphatic heterocycles. The first-order valence-electron chi connectivity index (χ1n) is 11.6. The van der Waals surface area contributed by atoms with E-state index in [-0.39, 0.29) is 16.9 Å². The van der Waals surface area contributed by atoms with Crippen molar-refractivity contribution in [2.24, 2.45) is 11.8 Å². The van der Waals surface area contributed by atoms with Gasteiger partial charge in [-0.3, -0.25) is 4.79 Å². The van der Waals surface area contributed by atoms with Crippen molar-refractivity contribution in [2.75, 3.05) is 32.8 Å². The molecular weight excluding hydrogens is 440 g/mol. The van der Waals surface area contributed by atoms with Gasteiger partial charge in [-0.25, -0.2) is 8.42 Å². The van der Waals surface area contributed by atoms with Gasteiger partial charge in [0.25, 0.3) is 5.91 Å². The maximum absolute atomic E-state index is 13.1. The van der Waals surface area contributed by atoms with Crippen LogP contribution in [0.3, 0.4) is 0 Å². The summed E-state index contributed by atoms with van der Waals surface area (Å²) in [6, 6.07) is 13.8. The lowest BCUT2D eigenvalue weighted by molar-refractivity contribution is 0.0475. The molecule has 0 aromatic heterocycles. The van der Waals surface area contributed by atoms with Gasteiger partial charge in [0, 0.05) is 25.2 Å². The van der Waals surface area contributed by atoms with Crippen molar-refractivity contribution in [1.29, 1.82) is 0 Å². The highest BCUT2D eigenvalue weighted by Gasteiger charge is 2.32. The van der Waals surface area contributed by atoms with Crippen LogP contribution in [0.5, 0.6) is 11.5 Å². The minimum Gasteiger partial charge on any atom is -0.486 e. The Hall–Kier alpha value is -2.58. The predicted octanol–water partition coefficient (Wildman–Crippen LogP) is 3.66. The van der Waals surface area contributed by atoms with E-state index in [0.717, 1.165) is 6.42 Å². The number of para-hydroxylation sites is 2. The molecule has 2 heterocycles. The summed E-state index contributed by atoms with van der Waals surface area (Å²) in [5.74, 6) is 1.88. The molecule has 1 amide bonds. The van der Waals surface area contributed by atoms with Gasteiger partial charge in [0.2, 0.25) is 10.0 Å². The van der Waals surface area contributed by atoms with E-state index < -0.39 is 10.0 Å². The number of hydrogen-bond donors (Lipinski definition) is 0. The van der Waals surface area contributed by atoms with Gasteiger partial charge in [-0.05, 0) is 61.6 Å². The Labute approximate surface area is 196 Å². The maximum Gasteiger partial charge on any atom is 0.253 e. The van der Waals surface area contributed by atoms with E-state index in [9.17, 15) is 13.2 Å². The number of likely N-dealkylation sites (N-methyl/N-ethyl adjacent to an activating group) is 1. The first-order valence-corrected chi connectivity index (χ1v) is 13.0. The minimum atomic E-state index is -3.58. The van der Waals surface area contributed by atoms with E-state index in [2.05, 4.69) is 13.8 Å². The third-order valence-electron chi connectivity index (χ3n) is 6.23. The zero-order valence-corrected chi connectivity index (χ0v) is 20.3. The first-order chi connectivity index (χ1) is 15.8. The highest BCUT2D eigenvalue weighted by molar-refractivity contribution is 7.89. The second kappa shape index (κ2) is 9.73. The third kappa shape index (κ3) is 5.17. The molecule has 7 nitrogen and oxygen atoms in total. The van der Waals surface area contributed by atoms with E-state index in [1.807, 2.05) is 31.2 Å². The number of piperidine rings is 1. The Morgan fingerprint density at radius 3 is 2.30 bits per heavy atom. The van der Waals surface area contributed by atoms with E-state index in [1.54, 1.807) is 21.3 Å². The van der Waals surface area contributed by atoms with Crippen LogP contribution in [0.1, 0.15) is 37.6 Å². The van der Waals surface area contributed by atoms with Gasteiger partial charge in [-0.2, -0.15) is 4.31 Å². The average Bonchev–Trinajstić information content (AvgIpc) is 2.81. The lowest BCUT2D eigenvalue weighted by atomic mass is 9.94. The Balaban J connectivity index is 1.44. The average molecular weight is 473 g/mol. The zero-order chi connectivity index (χ0) is 23.6. The number of ether oxygens (including phenoxy) is 2. The number of nitrogens with zero attached hydrogens (tertiary/aromatic N) is 2. The number of benzene rings is 2. The molecular formula is C25H32N2O5S. The molecule has 0 saturated carbocycles. The molecule has 0 spiro atoms. The van der Waals surface area contributed by atoms with Crippen LogP contribution in [0, 0.1) is 11.8 Å². The fraction of sp³-hybridized carbons (Fsp3) is 0.480. The van der Waals surface area contributed by atoms with Gasteiger partial charge in [0.15, 0.2) is 17.6 Å². The molecule has 2 aromatic carbocycles. The van der Waals surface area contributed by atoms with Gasteiger partial charge < -0.3 is 14.4 Å². The Kier molecular flexibility index (Phi) is 6.95. The molecule has 0 radical (unpaired) electrons. The summed E-state index contributed by atoms with van der Waals surface area (Å²) >= 11 is 0. The van der Waals surface area contributed by atoms with Gasteiger partial charge in [0.05, 0.1) is 11.4 Å². The van der Waals surface area contributed by atoms with Crippen LogP contribution < -0.4 is 9.47 Å². The SMILES string of the molecule is CCN(CC1COc2ccccc2O1)C(=O)c1ccc(S(=O)(=O)N2CC(C)CC(C)C2)cc1. The molecule has 33 heavy (non-hydrogen) atoms. The van der Waals surface area contributed by atoms with E-state index >= 15 is 0 Å². The van der Waals surface area contributed by atoms with E-state index in [1.165, 1.54) is 12.1 Å². The third-order valence-corrected chi connectivity index (χ3v) is 8.08. The molecule has 0 N–H and O–H groups in total. The number of carbonyl (C=O) groups is 1. The fourth-order valence-corrected chi connectivity index (χ4v) is 6.34. The van der Waals surface area contributed by atoms with E-state index in [4.69, 9.17) is 9.47 Å². The van der Waals surface area contributed by atoms with E-state index in [0.29, 0.717) is 61.7 Å². The molecule has 1 saturated heterocycles. The highest BCUT2D eigenvalue weighted by atomic mass is 32.2. The normalized spacial score (nSPS) is 23.2. The summed E-state index contributed by atoms with van der Waals surface area (Å²) in [7, 11) is -3.58. The Morgan fingerprint density at radius 1 is 1.03 bits per heavy atom. The topological polar surface area (TPSA) is 76.1 Å². The second-order valence-corrected chi connectivity index (χ2v) is 11.1. The number of amides is 1. The number of fused-ring (bicyclic) bond motifs is 1. The van der Waals surface area contributed by atoms with Crippen molar-refractivity contribution in [2.45, 2.75) is 38.2 Å². The van der Waals surface area contributed by atoms with Crippen molar-refractivity contribution in [1.82, 2.24) is 9.21 Å². The summed E-state index contributed by atoms with van der Waals surface area (Å²) in [6.07, 6.45) is 0.764. The molecule has 3 unspecified atom stereocenters. The first kappa shape index (κ1) is 23.6. The summed E-state index contributed by atoms with van der Waals surface area (Å²) in [5, 5.41) is 0. The van der Waals surface area contributed by atoms with Gasteiger partial charge in [0.1, 0.15) is 6.61 Å². The zero-order valence-electron chi connectivity index (χ0n) is 19.4. The molecule has 178 valence electrons. The van der Waals surface area contributed by atoms with Gasteiger partial charge in [-0.1, -0.05) is 26.0 Å². The second-order valence-electron chi connectivity index (χ2n) is 9.13. The summed E-state index contributed by atoms with van der Waals surface area (Å²) in [5.41, 5.74) is 0.452. The van der Waals surface area contributed by atoms with Crippen molar-refractivity contribution < 1.29 is 22.7 Å². The van der Waals surface area contributed by atoms with Gasteiger partial charge in [-0.15, -0.1) is 0 Å². The van der Waals surface area contributed by atoms with Crippen LogP contribution in [0.25, 0.3) is 0 Å². The fourth-order valence-electron chi connectivity index (χ4n) is 4.66. The standard InChI is InChI=1S/C25H32N2O5S/c1-4-26(16-21-17-31-23-7-5-6-8-24(23)32-21)25(28)20-9-11-22(12-10-20)33(29,30)27-14-18(2)13-19(3)15-27/h5-12,18-19,21H,4,13-17H2,1-3H3. The number of sulfonamides is 1.